The van der Waals surface area contributed by atoms with Gasteiger partial charge in [-0.25, -0.2) is 0 Å². The van der Waals surface area contributed by atoms with Crippen LogP contribution < -0.4 is 3.97 Å². The molecule has 0 amide bonds. The summed E-state index contributed by atoms with van der Waals surface area (Å²) in [5.41, 5.74) is 0. The molecule has 0 saturated heterocycles. The van der Waals surface area contributed by atoms with Gasteiger partial charge in [-0.3, -0.25) is 0 Å². The van der Waals surface area contributed by atoms with E-state index in [1.807, 2.05) is 34.6 Å². The van der Waals surface area contributed by atoms with Gasteiger partial charge in [-0.15, -0.1) is 9.07 Å². The molecule has 12 heavy (non-hydrogen) atoms. The molecule has 2 rings (SSSR count). The summed E-state index contributed by atoms with van der Waals surface area (Å²) in [6, 6.07) is 5.90. The summed E-state index contributed by atoms with van der Waals surface area (Å²) in [6.07, 6.45) is 5.60. The zero-order valence-corrected chi connectivity index (χ0v) is 7.03. The molecule has 0 aromatic carbocycles. The second-order valence-corrected chi connectivity index (χ2v) is 3.16. The Morgan fingerprint density at radius 1 is 1.25 bits per heavy atom. The maximum absolute atomic E-state index is 3.92. The first kappa shape index (κ1) is 7.30. The summed E-state index contributed by atoms with van der Waals surface area (Å²) in [4.78, 5) is 0. The Kier molecular flexibility index (Phi) is 2.04. The van der Waals surface area contributed by atoms with E-state index in [1.54, 1.807) is 6.20 Å². The number of rotatable bonds is 2. The Morgan fingerprint density at radius 3 is 2.75 bits per heavy atom. The van der Waals surface area contributed by atoms with Gasteiger partial charge in [0.2, 0.25) is 17.0 Å². The van der Waals surface area contributed by atoms with Crippen LogP contribution in [0, 0.1) is 0 Å². The second kappa shape index (κ2) is 3.36. The van der Waals surface area contributed by atoms with E-state index >= 15 is 0 Å². The van der Waals surface area contributed by atoms with Crippen molar-refractivity contribution in [2.75, 3.05) is 0 Å². The van der Waals surface area contributed by atoms with Crippen LogP contribution in [0.25, 0.3) is 0 Å². The third-order valence-corrected chi connectivity index (χ3v) is 2.12. The summed E-state index contributed by atoms with van der Waals surface area (Å²) in [5, 5.41) is 11.0. The lowest BCUT2D eigenvalue weighted by Gasteiger charge is -1.85. The van der Waals surface area contributed by atoms with E-state index in [0.717, 1.165) is 5.03 Å². The van der Waals surface area contributed by atoms with E-state index in [1.165, 1.54) is 11.9 Å². The highest BCUT2D eigenvalue weighted by Crippen LogP contribution is 2.06. The monoisotopic (exact) mass is 179 g/mol. The predicted octanol–water partition coefficient (Wildman–Crippen LogP) is 0.648. The van der Waals surface area contributed by atoms with Crippen molar-refractivity contribution in [3.05, 3.63) is 36.8 Å². The molecule has 0 radical (unpaired) electrons. The summed E-state index contributed by atoms with van der Waals surface area (Å²) < 4.78 is 1.96. The predicted molar refractivity (Wildman–Crippen MR) is 44.3 cm³/mol. The van der Waals surface area contributed by atoms with Crippen LogP contribution in [0.15, 0.2) is 41.8 Å². The van der Waals surface area contributed by atoms with Gasteiger partial charge in [-0.05, 0) is 0 Å². The number of nitrogens with zero attached hydrogens (tertiary/aromatic N) is 3. The van der Waals surface area contributed by atoms with Gasteiger partial charge in [0.15, 0.2) is 12.4 Å². The average molecular weight is 179 g/mol. The van der Waals surface area contributed by atoms with E-state index in [0.29, 0.717) is 0 Å². The smallest absolute Gasteiger partial charge is 0.197 e. The molecule has 0 bridgehead atoms. The van der Waals surface area contributed by atoms with E-state index in [4.69, 9.17) is 0 Å². The van der Waals surface area contributed by atoms with Crippen LogP contribution in [-0.2, 0) is 0 Å². The lowest BCUT2D eigenvalue weighted by Crippen LogP contribution is -2.22. The first-order valence-corrected chi connectivity index (χ1v) is 4.23. The quantitative estimate of drug-likeness (QED) is 0.688. The van der Waals surface area contributed by atoms with Crippen LogP contribution in [-0.4, -0.2) is 15.4 Å². The molecule has 0 atom stereocenters. The largest absolute Gasteiger partial charge is 0.227 e. The topological polar surface area (TPSA) is 45.5 Å². The molecule has 0 aliphatic rings. The van der Waals surface area contributed by atoms with Crippen molar-refractivity contribution in [1.29, 1.82) is 0 Å². The fraction of sp³-hybridized carbons (Fsp3) is 0. The fourth-order valence-electron chi connectivity index (χ4n) is 0.787. The molecule has 5 heteroatoms. The number of hydrogen-bond acceptors (Lipinski definition) is 3. The van der Waals surface area contributed by atoms with Gasteiger partial charge in [-0.1, -0.05) is 6.07 Å². The summed E-state index contributed by atoms with van der Waals surface area (Å²) in [5.74, 6) is 0. The van der Waals surface area contributed by atoms with Gasteiger partial charge in [0, 0.05) is 12.1 Å². The van der Waals surface area contributed by atoms with Crippen LogP contribution in [0.3, 0.4) is 0 Å². The Bertz CT molecular complexity index is 332. The molecule has 0 aliphatic carbocycles. The highest BCUT2D eigenvalue weighted by Gasteiger charge is 2.05. The van der Waals surface area contributed by atoms with E-state index < -0.39 is 0 Å². The SMILES string of the molecule is c1cc[n+](Sc2cn[nH]n2)cc1. The molecule has 2 aromatic heterocycles. The molecule has 0 spiro atoms. The molecule has 0 aliphatic heterocycles. The van der Waals surface area contributed by atoms with Crippen molar-refractivity contribution in [2.45, 2.75) is 5.03 Å². The average Bonchev–Trinajstić information content (AvgIpc) is 2.59. The molecule has 2 aromatic rings. The molecule has 60 valence electrons. The molecule has 0 fully saturated rings. The number of nitrogens with one attached hydrogen (secondary N) is 1. The van der Waals surface area contributed by atoms with Crippen molar-refractivity contribution in [1.82, 2.24) is 15.4 Å². The zero-order chi connectivity index (χ0) is 8.23. The minimum atomic E-state index is 0.853. The molecule has 1 N–H and O–H groups in total. The fourth-order valence-corrected chi connectivity index (χ4v) is 1.45. The van der Waals surface area contributed by atoms with Crippen molar-refractivity contribution >= 4 is 11.9 Å². The van der Waals surface area contributed by atoms with Gasteiger partial charge >= 0.3 is 0 Å². The van der Waals surface area contributed by atoms with Gasteiger partial charge < -0.3 is 0 Å². The first-order valence-electron chi connectivity index (χ1n) is 3.45. The summed E-state index contributed by atoms with van der Waals surface area (Å²) >= 11 is 1.51. The Balaban J connectivity index is 2.15. The van der Waals surface area contributed by atoms with Crippen molar-refractivity contribution in [2.24, 2.45) is 0 Å². The molecule has 0 saturated carbocycles. The maximum Gasteiger partial charge on any atom is 0.227 e. The van der Waals surface area contributed by atoms with Crippen molar-refractivity contribution < 1.29 is 3.97 Å². The molecule has 0 unspecified atom stereocenters. The van der Waals surface area contributed by atoms with Crippen LogP contribution in [0.4, 0.5) is 0 Å². The molecule has 2 heterocycles. The van der Waals surface area contributed by atoms with Gasteiger partial charge in [0.1, 0.15) is 0 Å². The highest BCUT2D eigenvalue weighted by molar-refractivity contribution is 7.92. The minimum Gasteiger partial charge on any atom is -0.197 e. The molecule has 4 nitrogen and oxygen atoms in total. The number of hydrogen-bond donors (Lipinski definition) is 1. The van der Waals surface area contributed by atoms with E-state index in [2.05, 4.69) is 15.4 Å². The van der Waals surface area contributed by atoms with Crippen LogP contribution in [0.1, 0.15) is 0 Å². The second-order valence-electron chi connectivity index (χ2n) is 2.13. The Hall–Kier alpha value is -1.36. The number of aromatic nitrogens is 4. The van der Waals surface area contributed by atoms with Crippen LogP contribution in [0.2, 0.25) is 0 Å². The summed E-state index contributed by atoms with van der Waals surface area (Å²) in [7, 11) is 0. The lowest BCUT2D eigenvalue weighted by atomic mass is 10.5. The van der Waals surface area contributed by atoms with Crippen LogP contribution in [0.5, 0.6) is 0 Å². The van der Waals surface area contributed by atoms with Gasteiger partial charge in [-0.2, -0.15) is 10.3 Å². The van der Waals surface area contributed by atoms with Crippen LogP contribution >= 0.6 is 11.9 Å². The molecular weight excluding hydrogens is 172 g/mol. The third-order valence-electron chi connectivity index (χ3n) is 1.28. The maximum atomic E-state index is 3.92. The highest BCUT2D eigenvalue weighted by atomic mass is 32.2. The van der Waals surface area contributed by atoms with Crippen molar-refractivity contribution in [3.8, 4) is 0 Å². The summed E-state index contributed by atoms with van der Waals surface area (Å²) in [6.45, 7) is 0. The molecular formula is C7H7N4S+. The van der Waals surface area contributed by atoms with Gasteiger partial charge in [0.05, 0.1) is 6.20 Å². The standard InChI is InChI=1S/C7H7N4S/c1-2-4-11(5-3-1)12-7-6-8-10-9-7/h1-6H,(H,8,9,10)/q+1. The Labute approximate surface area is 73.8 Å². The van der Waals surface area contributed by atoms with Gasteiger partial charge in [0.25, 0.3) is 0 Å². The number of pyridine rings is 1. The van der Waals surface area contributed by atoms with Crippen molar-refractivity contribution in [3.63, 3.8) is 0 Å². The first-order chi connectivity index (χ1) is 5.95. The lowest BCUT2D eigenvalue weighted by molar-refractivity contribution is -0.494. The minimum absolute atomic E-state index is 0.853. The number of H-pyrrole nitrogens is 1. The van der Waals surface area contributed by atoms with E-state index in [9.17, 15) is 0 Å². The third kappa shape index (κ3) is 1.62. The number of aromatic amines is 1. The normalized spacial score (nSPS) is 10.0. The van der Waals surface area contributed by atoms with E-state index in [-0.39, 0.29) is 0 Å². The zero-order valence-electron chi connectivity index (χ0n) is 6.21. The Morgan fingerprint density at radius 2 is 2.08 bits per heavy atom.